The molecule has 1 aliphatic heterocycles. The molecule has 4 amide bonds. The summed E-state index contributed by atoms with van der Waals surface area (Å²) in [5.41, 5.74) is 0. The van der Waals surface area contributed by atoms with Crippen molar-refractivity contribution in [2.75, 3.05) is 33.7 Å². The summed E-state index contributed by atoms with van der Waals surface area (Å²) < 4.78 is 0. The van der Waals surface area contributed by atoms with E-state index in [1.165, 1.54) is 4.90 Å². The zero-order valence-electron chi connectivity index (χ0n) is 10.8. The Hall–Kier alpha value is -1.79. The molecular weight excluding hydrogens is 236 g/mol. The predicted molar refractivity (Wildman–Crippen MR) is 65.8 cm³/mol. The Morgan fingerprint density at radius 1 is 1.33 bits per heavy atom. The molecule has 0 aromatic rings. The zero-order valence-corrected chi connectivity index (χ0v) is 10.8. The second-order valence-corrected chi connectivity index (χ2v) is 4.46. The van der Waals surface area contributed by atoms with Crippen LogP contribution in [0.5, 0.6) is 0 Å². The van der Waals surface area contributed by atoms with Gasteiger partial charge in [-0.2, -0.15) is 0 Å². The highest BCUT2D eigenvalue weighted by Crippen LogP contribution is 2.10. The third kappa shape index (κ3) is 4.60. The van der Waals surface area contributed by atoms with Gasteiger partial charge >= 0.3 is 6.03 Å². The quantitative estimate of drug-likeness (QED) is 0.558. The van der Waals surface area contributed by atoms with Gasteiger partial charge in [0.05, 0.1) is 5.92 Å². The van der Waals surface area contributed by atoms with E-state index in [9.17, 15) is 14.4 Å². The summed E-state index contributed by atoms with van der Waals surface area (Å²) in [6.07, 6.45) is 0.983. The van der Waals surface area contributed by atoms with Gasteiger partial charge in [-0.25, -0.2) is 4.79 Å². The Morgan fingerprint density at radius 2 is 2.00 bits per heavy atom. The maximum atomic E-state index is 11.7. The number of nitrogens with one attached hydrogen (secondary N) is 3. The summed E-state index contributed by atoms with van der Waals surface area (Å²) in [6, 6.07) is -0.186. The van der Waals surface area contributed by atoms with Crippen molar-refractivity contribution in [1.29, 1.82) is 0 Å². The normalized spacial score (nSPS) is 18.8. The van der Waals surface area contributed by atoms with E-state index in [1.54, 1.807) is 14.1 Å². The van der Waals surface area contributed by atoms with Crippen LogP contribution in [0.2, 0.25) is 0 Å². The summed E-state index contributed by atoms with van der Waals surface area (Å²) in [5.74, 6) is -0.237. The molecule has 7 heteroatoms. The van der Waals surface area contributed by atoms with Gasteiger partial charge in [0.2, 0.25) is 11.8 Å². The molecule has 1 atom stereocenters. The van der Waals surface area contributed by atoms with Gasteiger partial charge in [-0.15, -0.1) is 0 Å². The van der Waals surface area contributed by atoms with Crippen molar-refractivity contribution in [3.05, 3.63) is 0 Å². The molecule has 1 saturated heterocycles. The molecule has 1 heterocycles. The van der Waals surface area contributed by atoms with Crippen LogP contribution in [-0.2, 0) is 9.59 Å². The number of amides is 4. The summed E-state index contributed by atoms with van der Waals surface area (Å²) >= 11 is 0. The van der Waals surface area contributed by atoms with Crippen LogP contribution in [0.1, 0.15) is 12.8 Å². The standard InChI is InChI=1S/C11H20N4O3/c1-15(2)11(18)13-6-5-12-10(17)8-3-4-9(16)14-7-8/h8H,3-7H2,1-2H3,(H,12,17)(H,13,18)(H,14,16). The number of urea groups is 1. The van der Waals surface area contributed by atoms with Crippen molar-refractivity contribution in [2.45, 2.75) is 12.8 Å². The van der Waals surface area contributed by atoms with Gasteiger partial charge in [-0.1, -0.05) is 0 Å². The summed E-state index contributed by atoms with van der Waals surface area (Å²) in [5, 5.41) is 8.05. The lowest BCUT2D eigenvalue weighted by atomic mass is 9.98. The van der Waals surface area contributed by atoms with E-state index in [0.29, 0.717) is 32.5 Å². The van der Waals surface area contributed by atoms with Crippen molar-refractivity contribution >= 4 is 17.8 Å². The van der Waals surface area contributed by atoms with Gasteiger partial charge in [-0.3, -0.25) is 9.59 Å². The molecular formula is C11H20N4O3. The Morgan fingerprint density at radius 3 is 2.56 bits per heavy atom. The van der Waals surface area contributed by atoms with Gasteiger partial charge in [0.1, 0.15) is 0 Å². The maximum Gasteiger partial charge on any atom is 0.316 e. The van der Waals surface area contributed by atoms with Gasteiger partial charge in [0.15, 0.2) is 0 Å². The number of hydrogen-bond donors (Lipinski definition) is 3. The van der Waals surface area contributed by atoms with E-state index in [0.717, 1.165) is 0 Å². The molecule has 0 aromatic carbocycles. The SMILES string of the molecule is CN(C)C(=O)NCCNC(=O)C1CCC(=O)NC1. The second kappa shape index (κ2) is 6.83. The summed E-state index contributed by atoms with van der Waals surface area (Å²) in [4.78, 5) is 35.2. The average molecular weight is 256 g/mol. The van der Waals surface area contributed by atoms with Gasteiger partial charge < -0.3 is 20.9 Å². The number of carbonyl (C=O) groups is 3. The minimum atomic E-state index is -0.186. The van der Waals surface area contributed by atoms with Crippen molar-refractivity contribution < 1.29 is 14.4 Å². The van der Waals surface area contributed by atoms with Gasteiger partial charge in [0.25, 0.3) is 0 Å². The fourth-order valence-corrected chi connectivity index (χ4v) is 1.61. The number of piperidine rings is 1. The Bertz CT molecular complexity index is 320. The van der Waals surface area contributed by atoms with Crippen molar-refractivity contribution in [3.8, 4) is 0 Å². The maximum absolute atomic E-state index is 11.7. The first-order chi connectivity index (χ1) is 8.50. The van der Waals surface area contributed by atoms with Crippen LogP contribution < -0.4 is 16.0 Å². The Kier molecular flexibility index (Phi) is 5.41. The molecule has 0 radical (unpaired) electrons. The minimum absolute atomic E-state index is 0.00250. The fraction of sp³-hybridized carbons (Fsp3) is 0.727. The van der Waals surface area contributed by atoms with E-state index in [-0.39, 0.29) is 23.8 Å². The number of hydrogen-bond acceptors (Lipinski definition) is 3. The van der Waals surface area contributed by atoms with Crippen LogP contribution in [-0.4, -0.2) is 56.5 Å². The Labute approximate surface area is 106 Å². The molecule has 0 saturated carbocycles. The molecule has 18 heavy (non-hydrogen) atoms. The minimum Gasteiger partial charge on any atom is -0.355 e. The Balaban J connectivity index is 2.14. The average Bonchev–Trinajstić information content (AvgIpc) is 2.34. The number of nitrogens with zero attached hydrogens (tertiary/aromatic N) is 1. The first-order valence-electron chi connectivity index (χ1n) is 6.00. The third-order valence-corrected chi connectivity index (χ3v) is 2.74. The van der Waals surface area contributed by atoms with Crippen molar-refractivity contribution in [2.24, 2.45) is 5.92 Å². The lowest BCUT2D eigenvalue weighted by Crippen LogP contribution is -2.45. The summed E-state index contributed by atoms with van der Waals surface area (Å²) in [7, 11) is 3.30. The topological polar surface area (TPSA) is 90.5 Å². The smallest absolute Gasteiger partial charge is 0.316 e. The molecule has 1 rings (SSSR count). The first-order valence-corrected chi connectivity index (χ1v) is 6.00. The van der Waals surface area contributed by atoms with Gasteiger partial charge in [-0.05, 0) is 6.42 Å². The largest absolute Gasteiger partial charge is 0.355 e. The second-order valence-electron chi connectivity index (χ2n) is 4.46. The molecule has 0 aliphatic carbocycles. The van der Waals surface area contributed by atoms with E-state index in [2.05, 4.69) is 16.0 Å². The van der Waals surface area contributed by atoms with Crippen LogP contribution >= 0.6 is 0 Å². The monoisotopic (exact) mass is 256 g/mol. The fourth-order valence-electron chi connectivity index (χ4n) is 1.61. The predicted octanol–water partition coefficient (Wildman–Crippen LogP) is -1.10. The molecule has 1 fully saturated rings. The lowest BCUT2D eigenvalue weighted by molar-refractivity contribution is -0.128. The zero-order chi connectivity index (χ0) is 13.5. The van der Waals surface area contributed by atoms with Crippen LogP contribution in [0.4, 0.5) is 4.79 Å². The first kappa shape index (κ1) is 14.3. The molecule has 0 spiro atoms. The highest BCUT2D eigenvalue weighted by Gasteiger charge is 2.23. The van der Waals surface area contributed by atoms with Crippen molar-refractivity contribution in [1.82, 2.24) is 20.9 Å². The highest BCUT2D eigenvalue weighted by molar-refractivity contribution is 5.83. The number of carbonyl (C=O) groups excluding carboxylic acids is 3. The third-order valence-electron chi connectivity index (χ3n) is 2.74. The highest BCUT2D eigenvalue weighted by atomic mass is 16.2. The van der Waals surface area contributed by atoms with Crippen LogP contribution in [0.3, 0.4) is 0 Å². The number of rotatable bonds is 4. The van der Waals surface area contributed by atoms with E-state index >= 15 is 0 Å². The molecule has 1 aliphatic rings. The van der Waals surface area contributed by atoms with Crippen LogP contribution in [0, 0.1) is 5.92 Å². The van der Waals surface area contributed by atoms with Gasteiger partial charge in [0, 0.05) is 40.2 Å². The molecule has 0 bridgehead atoms. The molecule has 3 N–H and O–H groups in total. The van der Waals surface area contributed by atoms with Crippen LogP contribution in [0.15, 0.2) is 0 Å². The lowest BCUT2D eigenvalue weighted by Gasteiger charge is -2.21. The van der Waals surface area contributed by atoms with Crippen molar-refractivity contribution in [3.63, 3.8) is 0 Å². The van der Waals surface area contributed by atoms with E-state index in [4.69, 9.17) is 0 Å². The molecule has 1 unspecified atom stereocenters. The summed E-state index contributed by atoms with van der Waals surface area (Å²) in [6.45, 7) is 1.18. The molecule has 0 aromatic heterocycles. The molecule has 7 nitrogen and oxygen atoms in total. The van der Waals surface area contributed by atoms with E-state index in [1.807, 2.05) is 0 Å². The van der Waals surface area contributed by atoms with Crippen LogP contribution in [0.25, 0.3) is 0 Å². The van der Waals surface area contributed by atoms with E-state index < -0.39 is 0 Å². The molecule has 102 valence electrons.